The first-order valence-corrected chi connectivity index (χ1v) is 7.58. The van der Waals surface area contributed by atoms with Gasteiger partial charge in [0.05, 0.1) is 5.41 Å². The Hall–Kier alpha value is -1.43. The molecule has 0 aromatic carbocycles. The molecule has 2 fully saturated rings. The summed E-state index contributed by atoms with van der Waals surface area (Å²) in [5, 5.41) is 3.08. The molecule has 0 aromatic heterocycles. The number of hydrogen-bond acceptors (Lipinski definition) is 4. The molecule has 1 saturated heterocycles. The molecule has 0 aromatic rings. The SMILES string of the molecule is CNC1(C(N)=O)CCCC1CCN1C(=O)CC(C)(C)C1=O. The van der Waals surface area contributed by atoms with E-state index in [-0.39, 0.29) is 30.1 Å². The molecule has 2 aliphatic rings. The lowest BCUT2D eigenvalue weighted by Gasteiger charge is -2.33. The van der Waals surface area contributed by atoms with Gasteiger partial charge in [0.25, 0.3) is 0 Å². The summed E-state index contributed by atoms with van der Waals surface area (Å²) in [4.78, 5) is 37.3. The molecule has 1 aliphatic heterocycles. The number of nitrogens with zero attached hydrogens (tertiary/aromatic N) is 1. The third kappa shape index (κ3) is 2.57. The van der Waals surface area contributed by atoms with Gasteiger partial charge in [-0.1, -0.05) is 20.3 Å². The summed E-state index contributed by atoms with van der Waals surface area (Å²) in [6.07, 6.45) is 3.43. The number of primary amides is 1. The molecule has 6 heteroatoms. The van der Waals surface area contributed by atoms with Crippen LogP contribution in [0.25, 0.3) is 0 Å². The lowest BCUT2D eigenvalue weighted by atomic mass is 9.84. The van der Waals surface area contributed by atoms with Crippen LogP contribution in [0.4, 0.5) is 0 Å². The first-order chi connectivity index (χ1) is 9.74. The smallest absolute Gasteiger partial charge is 0.238 e. The summed E-state index contributed by atoms with van der Waals surface area (Å²) in [5.74, 6) is -0.493. The first-order valence-electron chi connectivity index (χ1n) is 7.58. The van der Waals surface area contributed by atoms with Crippen LogP contribution in [-0.4, -0.2) is 41.8 Å². The van der Waals surface area contributed by atoms with Crippen LogP contribution in [0.15, 0.2) is 0 Å². The molecular formula is C15H25N3O3. The largest absolute Gasteiger partial charge is 0.368 e. The van der Waals surface area contributed by atoms with Crippen LogP contribution in [0, 0.1) is 11.3 Å². The van der Waals surface area contributed by atoms with Crippen molar-refractivity contribution in [1.29, 1.82) is 0 Å². The fraction of sp³-hybridized carbons (Fsp3) is 0.800. The number of rotatable bonds is 5. The van der Waals surface area contributed by atoms with Gasteiger partial charge in [-0.3, -0.25) is 19.3 Å². The number of likely N-dealkylation sites (tertiary alicyclic amines) is 1. The minimum atomic E-state index is -0.693. The number of hydrogen-bond donors (Lipinski definition) is 2. The van der Waals surface area contributed by atoms with E-state index < -0.39 is 11.0 Å². The molecule has 2 unspecified atom stereocenters. The number of amides is 3. The number of likely N-dealkylation sites (N-methyl/N-ethyl adjacent to an activating group) is 1. The van der Waals surface area contributed by atoms with Gasteiger partial charge < -0.3 is 11.1 Å². The minimum Gasteiger partial charge on any atom is -0.368 e. The molecule has 21 heavy (non-hydrogen) atoms. The molecule has 1 heterocycles. The fourth-order valence-corrected chi connectivity index (χ4v) is 3.78. The van der Waals surface area contributed by atoms with Gasteiger partial charge in [0.15, 0.2) is 0 Å². The quantitative estimate of drug-likeness (QED) is 0.718. The number of carbonyl (C=O) groups is 3. The highest BCUT2D eigenvalue weighted by atomic mass is 16.2. The molecule has 6 nitrogen and oxygen atoms in total. The summed E-state index contributed by atoms with van der Waals surface area (Å²) in [5.41, 5.74) is 4.27. The van der Waals surface area contributed by atoms with E-state index in [9.17, 15) is 14.4 Å². The number of carbonyl (C=O) groups excluding carboxylic acids is 3. The highest BCUT2D eigenvalue weighted by molar-refractivity contribution is 6.05. The molecular weight excluding hydrogens is 270 g/mol. The van der Waals surface area contributed by atoms with E-state index >= 15 is 0 Å². The van der Waals surface area contributed by atoms with Crippen molar-refractivity contribution in [3.63, 3.8) is 0 Å². The van der Waals surface area contributed by atoms with Gasteiger partial charge in [-0.15, -0.1) is 0 Å². The van der Waals surface area contributed by atoms with E-state index in [0.717, 1.165) is 19.3 Å². The van der Waals surface area contributed by atoms with Gasteiger partial charge in [0.2, 0.25) is 17.7 Å². The molecule has 3 amide bonds. The van der Waals surface area contributed by atoms with E-state index in [2.05, 4.69) is 5.32 Å². The Morgan fingerprint density at radius 3 is 2.57 bits per heavy atom. The summed E-state index contributed by atoms with van der Waals surface area (Å²) in [7, 11) is 1.75. The Balaban J connectivity index is 2.05. The standard InChI is InChI=1S/C15H25N3O3/c1-14(2)9-11(19)18(13(14)21)8-6-10-5-4-7-15(10,17-3)12(16)20/h10,17H,4-9H2,1-3H3,(H2,16,20). The highest BCUT2D eigenvalue weighted by Crippen LogP contribution is 2.39. The van der Waals surface area contributed by atoms with E-state index in [4.69, 9.17) is 5.73 Å². The topological polar surface area (TPSA) is 92.5 Å². The van der Waals surface area contributed by atoms with E-state index in [0.29, 0.717) is 13.0 Å². The predicted molar refractivity (Wildman–Crippen MR) is 78.1 cm³/mol. The second-order valence-electron chi connectivity index (χ2n) is 6.87. The van der Waals surface area contributed by atoms with Gasteiger partial charge in [0, 0.05) is 13.0 Å². The maximum Gasteiger partial charge on any atom is 0.238 e. The molecule has 1 saturated carbocycles. The Labute approximate surface area is 125 Å². The average molecular weight is 295 g/mol. The van der Waals surface area contributed by atoms with Crippen molar-refractivity contribution in [3.8, 4) is 0 Å². The normalized spacial score (nSPS) is 32.0. The van der Waals surface area contributed by atoms with Crippen LogP contribution in [0.5, 0.6) is 0 Å². The predicted octanol–water partition coefficient (Wildman–Crippen LogP) is 0.405. The maximum atomic E-state index is 12.2. The van der Waals surface area contributed by atoms with Crippen LogP contribution in [0.3, 0.4) is 0 Å². The minimum absolute atomic E-state index is 0.0734. The molecule has 2 rings (SSSR count). The van der Waals surface area contributed by atoms with Gasteiger partial charge in [-0.2, -0.15) is 0 Å². The Bertz CT molecular complexity index is 475. The fourth-order valence-electron chi connectivity index (χ4n) is 3.78. The summed E-state index contributed by atoms with van der Waals surface area (Å²) in [6.45, 7) is 3.97. The van der Waals surface area contributed by atoms with Gasteiger partial charge >= 0.3 is 0 Å². The summed E-state index contributed by atoms with van der Waals surface area (Å²) in [6, 6.07) is 0. The Morgan fingerprint density at radius 1 is 1.43 bits per heavy atom. The Morgan fingerprint density at radius 2 is 2.10 bits per heavy atom. The summed E-state index contributed by atoms with van der Waals surface area (Å²) < 4.78 is 0. The zero-order valence-electron chi connectivity index (χ0n) is 13.1. The summed E-state index contributed by atoms with van der Waals surface area (Å²) >= 11 is 0. The van der Waals surface area contributed by atoms with Gasteiger partial charge in [0.1, 0.15) is 5.54 Å². The number of imide groups is 1. The third-order valence-electron chi connectivity index (χ3n) is 5.13. The maximum absolute atomic E-state index is 12.2. The molecule has 2 atom stereocenters. The molecule has 3 N–H and O–H groups in total. The molecule has 118 valence electrons. The van der Waals surface area contributed by atoms with Crippen molar-refractivity contribution in [1.82, 2.24) is 10.2 Å². The molecule has 0 bridgehead atoms. The van der Waals surface area contributed by atoms with Gasteiger partial charge in [-0.05, 0) is 32.2 Å². The molecule has 0 radical (unpaired) electrons. The molecule has 0 spiro atoms. The van der Waals surface area contributed by atoms with Crippen LogP contribution in [0.2, 0.25) is 0 Å². The zero-order chi connectivity index (χ0) is 15.8. The average Bonchev–Trinajstić information content (AvgIpc) is 2.89. The van der Waals surface area contributed by atoms with Crippen molar-refractivity contribution in [2.24, 2.45) is 17.1 Å². The van der Waals surface area contributed by atoms with Crippen LogP contribution >= 0.6 is 0 Å². The first kappa shape index (κ1) is 15.9. The highest BCUT2D eigenvalue weighted by Gasteiger charge is 2.48. The molecule has 1 aliphatic carbocycles. The second-order valence-corrected chi connectivity index (χ2v) is 6.87. The zero-order valence-corrected chi connectivity index (χ0v) is 13.1. The number of nitrogens with two attached hydrogens (primary N) is 1. The lowest BCUT2D eigenvalue weighted by Crippen LogP contribution is -2.57. The van der Waals surface area contributed by atoms with Crippen molar-refractivity contribution < 1.29 is 14.4 Å². The van der Waals surface area contributed by atoms with Crippen molar-refractivity contribution in [3.05, 3.63) is 0 Å². The number of nitrogens with one attached hydrogen (secondary N) is 1. The van der Waals surface area contributed by atoms with Crippen LogP contribution in [-0.2, 0) is 14.4 Å². The van der Waals surface area contributed by atoms with E-state index in [1.165, 1.54) is 4.90 Å². The van der Waals surface area contributed by atoms with E-state index in [1.54, 1.807) is 20.9 Å². The lowest BCUT2D eigenvalue weighted by molar-refractivity contribution is -0.141. The van der Waals surface area contributed by atoms with Crippen molar-refractivity contribution >= 4 is 17.7 Å². The monoisotopic (exact) mass is 295 g/mol. The van der Waals surface area contributed by atoms with Crippen molar-refractivity contribution in [2.75, 3.05) is 13.6 Å². The van der Waals surface area contributed by atoms with Crippen LogP contribution < -0.4 is 11.1 Å². The van der Waals surface area contributed by atoms with E-state index in [1.807, 2.05) is 0 Å². The second kappa shape index (κ2) is 5.40. The van der Waals surface area contributed by atoms with Crippen LogP contribution in [0.1, 0.15) is 46.0 Å². The van der Waals surface area contributed by atoms with Gasteiger partial charge in [-0.25, -0.2) is 0 Å². The Kier molecular flexibility index (Phi) is 4.10. The third-order valence-corrected chi connectivity index (χ3v) is 5.13. The van der Waals surface area contributed by atoms with Crippen molar-refractivity contribution in [2.45, 2.75) is 51.5 Å².